The SMILES string of the molecule is Fc1ccc(C2(CCl)Cc3ccccc3C(c3cnc4ccccc4c3)=N2)cc1. The van der Waals surface area contributed by atoms with Crippen LogP contribution in [-0.2, 0) is 12.0 Å². The molecule has 1 aliphatic rings. The average Bonchev–Trinajstić information content (AvgIpc) is 2.78. The van der Waals surface area contributed by atoms with Crippen molar-refractivity contribution in [3.05, 3.63) is 113 Å². The Morgan fingerprint density at radius 2 is 1.69 bits per heavy atom. The Labute approximate surface area is 173 Å². The van der Waals surface area contributed by atoms with Gasteiger partial charge in [0.1, 0.15) is 11.4 Å². The molecule has 2 heterocycles. The first-order chi connectivity index (χ1) is 14.2. The van der Waals surface area contributed by atoms with Gasteiger partial charge in [0.25, 0.3) is 0 Å². The highest BCUT2D eigenvalue weighted by molar-refractivity contribution is 6.20. The largest absolute Gasteiger partial charge is 0.271 e. The quantitative estimate of drug-likeness (QED) is 0.393. The van der Waals surface area contributed by atoms with Gasteiger partial charge >= 0.3 is 0 Å². The van der Waals surface area contributed by atoms with Crippen LogP contribution in [0, 0.1) is 5.82 Å². The molecule has 0 N–H and O–H groups in total. The van der Waals surface area contributed by atoms with Gasteiger partial charge in [-0.3, -0.25) is 9.98 Å². The summed E-state index contributed by atoms with van der Waals surface area (Å²) in [5, 5.41) is 1.06. The molecule has 29 heavy (non-hydrogen) atoms. The van der Waals surface area contributed by atoms with E-state index in [1.54, 1.807) is 12.1 Å². The second-order valence-electron chi connectivity index (χ2n) is 7.38. The van der Waals surface area contributed by atoms with E-state index in [-0.39, 0.29) is 5.82 Å². The second kappa shape index (κ2) is 7.09. The molecular weight excluding hydrogens is 383 g/mol. The van der Waals surface area contributed by atoms with Gasteiger partial charge in [-0.1, -0.05) is 54.6 Å². The standard InChI is InChI=1S/C25H18ClFN2/c26-16-25(20-9-11-21(27)12-10-20)14-18-6-1-3-7-22(18)24(29-25)19-13-17-5-2-4-8-23(17)28-15-19/h1-13,15H,14,16H2. The lowest BCUT2D eigenvalue weighted by Crippen LogP contribution is -2.35. The summed E-state index contributed by atoms with van der Waals surface area (Å²) in [5.74, 6) is 0.0370. The van der Waals surface area contributed by atoms with E-state index < -0.39 is 5.54 Å². The van der Waals surface area contributed by atoms with Crippen molar-refractivity contribution in [1.29, 1.82) is 0 Å². The number of hydrogen-bond acceptors (Lipinski definition) is 2. The van der Waals surface area contributed by atoms with Crippen molar-refractivity contribution in [3.8, 4) is 0 Å². The molecule has 0 saturated carbocycles. The minimum Gasteiger partial charge on any atom is -0.271 e. The summed E-state index contributed by atoms with van der Waals surface area (Å²) >= 11 is 6.51. The predicted octanol–water partition coefficient (Wildman–Crippen LogP) is 5.90. The molecule has 3 aromatic carbocycles. The molecule has 0 saturated heterocycles. The molecule has 0 spiro atoms. The smallest absolute Gasteiger partial charge is 0.123 e. The topological polar surface area (TPSA) is 25.2 Å². The Bertz CT molecular complexity index is 1230. The lowest BCUT2D eigenvalue weighted by Gasteiger charge is -2.34. The van der Waals surface area contributed by atoms with Crippen molar-refractivity contribution >= 4 is 28.2 Å². The molecule has 142 valence electrons. The van der Waals surface area contributed by atoms with E-state index in [0.717, 1.165) is 33.3 Å². The highest BCUT2D eigenvalue weighted by atomic mass is 35.5. The Kier molecular flexibility index (Phi) is 4.40. The number of rotatable bonds is 3. The molecule has 4 aromatic rings. The van der Waals surface area contributed by atoms with Gasteiger partial charge in [-0.05, 0) is 35.4 Å². The van der Waals surface area contributed by atoms with E-state index in [2.05, 4.69) is 29.2 Å². The lowest BCUT2D eigenvalue weighted by molar-refractivity contribution is 0.493. The zero-order valence-electron chi connectivity index (χ0n) is 15.6. The predicted molar refractivity (Wildman–Crippen MR) is 116 cm³/mol. The molecular formula is C25H18ClFN2. The normalized spacial score (nSPS) is 18.3. The van der Waals surface area contributed by atoms with Crippen LogP contribution in [0.2, 0.25) is 0 Å². The summed E-state index contributed by atoms with van der Waals surface area (Å²) in [6, 6.07) is 24.9. The summed E-state index contributed by atoms with van der Waals surface area (Å²) in [4.78, 5) is 9.80. The maximum Gasteiger partial charge on any atom is 0.123 e. The lowest BCUT2D eigenvalue weighted by atomic mass is 9.80. The fraction of sp³-hybridized carbons (Fsp3) is 0.120. The number of aliphatic imine (C=N–C) groups is 1. The summed E-state index contributed by atoms with van der Waals surface area (Å²) in [5.41, 5.74) is 5.30. The van der Waals surface area contributed by atoms with E-state index >= 15 is 0 Å². The van der Waals surface area contributed by atoms with Crippen LogP contribution < -0.4 is 0 Å². The molecule has 5 rings (SSSR count). The fourth-order valence-electron chi connectivity index (χ4n) is 4.04. The van der Waals surface area contributed by atoms with Crippen LogP contribution in [0.3, 0.4) is 0 Å². The molecule has 0 bridgehead atoms. The van der Waals surface area contributed by atoms with Crippen LogP contribution in [0.15, 0.2) is 90.1 Å². The molecule has 4 heteroatoms. The summed E-state index contributed by atoms with van der Waals surface area (Å²) in [6.07, 6.45) is 2.54. The van der Waals surface area contributed by atoms with E-state index in [9.17, 15) is 4.39 Å². The summed E-state index contributed by atoms with van der Waals surface area (Å²) in [7, 11) is 0. The van der Waals surface area contributed by atoms with Gasteiger partial charge in [-0.2, -0.15) is 0 Å². The van der Waals surface area contributed by atoms with E-state index in [0.29, 0.717) is 12.3 Å². The third-order valence-electron chi connectivity index (χ3n) is 5.55. The number of pyridine rings is 1. The van der Waals surface area contributed by atoms with Crippen molar-refractivity contribution in [1.82, 2.24) is 4.98 Å². The number of hydrogen-bond donors (Lipinski definition) is 0. The number of halogens is 2. The van der Waals surface area contributed by atoms with Crippen LogP contribution in [-0.4, -0.2) is 16.6 Å². The highest BCUT2D eigenvalue weighted by Crippen LogP contribution is 2.38. The van der Waals surface area contributed by atoms with Gasteiger partial charge in [0, 0.05) is 29.1 Å². The first-order valence-corrected chi connectivity index (χ1v) is 10.1. The fourth-order valence-corrected chi connectivity index (χ4v) is 4.34. The summed E-state index contributed by atoms with van der Waals surface area (Å²) < 4.78 is 13.5. The number of nitrogens with zero attached hydrogens (tertiary/aromatic N) is 2. The zero-order chi connectivity index (χ0) is 19.8. The van der Waals surface area contributed by atoms with Gasteiger partial charge in [0.15, 0.2) is 0 Å². The third-order valence-corrected chi connectivity index (χ3v) is 5.99. The minimum absolute atomic E-state index is 0.266. The van der Waals surface area contributed by atoms with Crippen molar-refractivity contribution < 1.29 is 4.39 Å². The molecule has 1 aliphatic heterocycles. The molecule has 0 amide bonds. The van der Waals surface area contributed by atoms with Crippen molar-refractivity contribution in [2.75, 3.05) is 5.88 Å². The number of para-hydroxylation sites is 1. The molecule has 1 aromatic heterocycles. The maximum absolute atomic E-state index is 13.5. The van der Waals surface area contributed by atoms with Crippen LogP contribution in [0.5, 0.6) is 0 Å². The molecule has 0 fully saturated rings. The van der Waals surface area contributed by atoms with Crippen LogP contribution in [0.1, 0.15) is 22.3 Å². The first-order valence-electron chi connectivity index (χ1n) is 9.54. The van der Waals surface area contributed by atoms with Gasteiger partial charge in [0.2, 0.25) is 0 Å². The molecule has 2 nitrogen and oxygen atoms in total. The Morgan fingerprint density at radius 1 is 0.931 bits per heavy atom. The maximum atomic E-state index is 13.5. The van der Waals surface area contributed by atoms with Crippen molar-refractivity contribution in [2.45, 2.75) is 12.0 Å². The number of fused-ring (bicyclic) bond motifs is 2. The monoisotopic (exact) mass is 400 g/mol. The first kappa shape index (κ1) is 18.0. The van der Waals surface area contributed by atoms with Gasteiger partial charge in [0.05, 0.1) is 17.1 Å². The van der Waals surface area contributed by atoms with E-state index in [4.69, 9.17) is 16.6 Å². The number of aromatic nitrogens is 1. The number of alkyl halides is 1. The Morgan fingerprint density at radius 3 is 2.52 bits per heavy atom. The van der Waals surface area contributed by atoms with E-state index in [1.807, 2.05) is 36.5 Å². The molecule has 0 radical (unpaired) electrons. The van der Waals surface area contributed by atoms with E-state index in [1.165, 1.54) is 17.7 Å². The van der Waals surface area contributed by atoms with Crippen molar-refractivity contribution in [3.63, 3.8) is 0 Å². The zero-order valence-corrected chi connectivity index (χ0v) is 16.4. The highest BCUT2D eigenvalue weighted by Gasteiger charge is 2.36. The van der Waals surface area contributed by atoms with Gasteiger partial charge in [-0.15, -0.1) is 11.6 Å². The van der Waals surface area contributed by atoms with Crippen LogP contribution in [0.25, 0.3) is 10.9 Å². The molecule has 1 unspecified atom stereocenters. The van der Waals surface area contributed by atoms with Crippen LogP contribution in [0.4, 0.5) is 4.39 Å². The second-order valence-corrected chi connectivity index (χ2v) is 7.65. The average molecular weight is 401 g/mol. The van der Waals surface area contributed by atoms with Crippen LogP contribution >= 0.6 is 11.6 Å². The van der Waals surface area contributed by atoms with Gasteiger partial charge < -0.3 is 0 Å². The third kappa shape index (κ3) is 3.12. The molecule has 1 atom stereocenters. The van der Waals surface area contributed by atoms with Crippen molar-refractivity contribution in [2.24, 2.45) is 4.99 Å². The number of benzene rings is 3. The summed E-state index contributed by atoms with van der Waals surface area (Å²) in [6.45, 7) is 0. The minimum atomic E-state index is -0.648. The Hall–Kier alpha value is -3.04. The Balaban J connectivity index is 1.74. The molecule has 0 aliphatic carbocycles. The van der Waals surface area contributed by atoms with Gasteiger partial charge in [-0.25, -0.2) is 4.39 Å².